The van der Waals surface area contributed by atoms with Crippen molar-refractivity contribution in [1.82, 2.24) is 21.3 Å². The highest BCUT2D eigenvalue weighted by Gasteiger charge is 2.66. The number of carbonyl (C=O) groups excluding carboxylic acids is 6. The third-order valence-electron chi connectivity index (χ3n) is 22.9. The van der Waals surface area contributed by atoms with Gasteiger partial charge in [-0.2, -0.15) is 0 Å². The molecule has 9 saturated heterocycles. The van der Waals surface area contributed by atoms with Crippen LogP contribution in [0.4, 0.5) is 0 Å². The average Bonchev–Trinajstić information content (AvgIpc) is 0.382. The molecular weight excluding hydrogens is 1770 g/mol. The minimum absolute atomic E-state index is 0.839. The molecule has 0 spiro atoms. The lowest BCUT2D eigenvalue weighted by Crippen LogP contribution is -2.72. The van der Waals surface area contributed by atoms with E-state index in [-0.39, 0.29) is 0 Å². The molecule has 1 unspecified atom stereocenters. The van der Waals surface area contributed by atoms with Crippen molar-refractivity contribution in [3.63, 3.8) is 0 Å². The zero-order valence-corrected chi connectivity index (χ0v) is 69.7. The fourth-order valence-corrected chi connectivity index (χ4v) is 16.4. The maximum Gasteiger partial charge on any atom is 0.364 e. The molecule has 9 rings (SSSR count). The second kappa shape index (κ2) is 45.6. The summed E-state index contributed by atoms with van der Waals surface area (Å²) in [6.45, 7) is -3.65. The molecule has 0 radical (unpaired) electrons. The van der Waals surface area contributed by atoms with Crippen LogP contribution in [-0.2, 0) is 128 Å². The molecule has 0 saturated carbocycles. The fraction of sp³-hybridized carbons (Fsp3) is 0.889. The molecule has 57 nitrogen and oxygen atoms in total. The maximum absolute atomic E-state index is 13.7. The highest BCUT2D eigenvalue weighted by Crippen LogP contribution is 2.44. The predicted molar refractivity (Wildman–Crippen MR) is 396 cm³/mol. The van der Waals surface area contributed by atoms with Crippen molar-refractivity contribution in [3.05, 3.63) is 0 Å². The molecule has 9 aliphatic heterocycles. The van der Waals surface area contributed by atoms with Gasteiger partial charge < -0.3 is 244 Å². The van der Waals surface area contributed by atoms with E-state index in [2.05, 4.69) is 21.3 Å². The summed E-state index contributed by atoms with van der Waals surface area (Å²) in [4.78, 5) is 104. The number of aliphatic hydroxyl groups excluding tert-OH is 24. The van der Waals surface area contributed by atoms with Gasteiger partial charge in [0, 0.05) is 41.5 Å². The van der Waals surface area contributed by atoms with Gasteiger partial charge in [-0.1, -0.05) is 0 Å². The Kier molecular flexibility index (Phi) is 37.8. The van der Waals surface area contributed by atoms with Crippen LogP contribution in [0, 0.1) is 0 Å². The Labute approximate surface area is 729 Å². The van der Waals surface area contributed by atoms with Crippen LogP contribution in [0.15, 0.2) is 0 Å². The third-order valence-corrected chi connectivity index (χ3v) is 22.9. The molecule has 9 fully saturated rings. The highest BCUT2D eigenvalue weighted by atomic mass is 16.8. The summed E-state index contributed by atoms with van der Waals surface area (Å²) in [7, 11) is 0. The van der Waals surface area contributed by atoms with Gasteiger partial charge in [-0.25, -0.2) is 9.59 Å². The van der Waals surface area contributed by atoms with E-state index >= 15 is 0 Å². The minimum Gasteiger partial charge on any atom is -0.477 e. The first-order valence-corrected chi connectivity index (χ1v) is 40.5. The first-order chi connectivity index (χ1) is 60.6. The van der Waals surface area contributed by atoms with Crippen LogP contribution in [-0.4, -0.2) is 520 Å². The maximum atomic E-state index is 13.7. The van der Waals surface area contributed by atoms with E-state index in [9.17, 15) is 171 Å². The van der Waals surface area contributed by atoms with Crippen LogP contribution >= 0.6 is 0 Å². The van der Waals surface area contributed by atoms with E-state index in [4.69, 9.17) is 90.0 Å². The Morgan fingerprint density at radius 3 is 1.12 bits per heavy atom. The standard InChI is InChI=1S/C72H116N4O53/c1-18-39(92)46(99)49(102)65(112-18)124-58-38(76-22(5)87)63(118-33(16-83)55(58)123-68-52(105)61(43(96)30(13-80)117-68)129-72(70(109)110)9-28(114-24(7)89)36(74-20(3)85)57(127-72)41(94)26(91)11-78)111-17-34-44(97)59(50(103)66(120-34)122-54-31(14-81)115-62(106)48(101)47(54)100)125-64-37(75-21(4)86)45(98)53(32(15-82)119-64)121-67-51(104)60(42(95)29(12-79)116-67)128-71(69(107)108)8-27(113-23(6)88)35(73-19(2)84)56(126-71)40(93)25(90)10-77/h18,25-68,77-83,90-106H,8-17H2,1-7H3,(H,73,84)(H,74,85)(H,75,86)(H,76,87)(H,107,108)(H,109,110)/t18-,25+,26+,27-,28-,29+,30+,31+,32+,33+,34+,35+,36+,37+,38+,39+,40+,41+,42-,43-,44-,45+,46+,47+,48+,49-,50+,51+,52+,53+,54+,55+,56+,57+,58+,59-,60+,61-,62?,63+,64-,65-,66-,67-,68+,71-,72-/m0/s1. The summed E-state index contributed by atoms with van der Waals surface area (Å²) in [5.74, 6) is -17.4. The van der Waals surface area contributed by atoms with Gasteiger partial charge >= 0.3 is 23.9 Å². The largest absolute Gasteiger partial charge is 0.477 e. The van der Waals surface area contributed by atoms with Crippen LogP contribution in [0.2, 0.25) is 0 Å². The molecule has 57 heteroatoms. The molecule has 0 aromatic rings. The number of esters is 2. The summed E-state index contributed by atoms with van der Waals surface area (Å²) in [6, 6.07) is -7.79. The number of carboxylic acid groups (broad SMARTS) is 2. The Morgan fingerprint density at radius 2 is 0.698 bits per heavy atom. The van der Waals surface area contributed by atoms with Crippen molar-refractivity contribution in [2.45, 2.75) is 349 Å². The first kappa shape index (κ1) is 107. The molecule has 0 aromatic carbocycles. The van der Waals surface area contributed by atoms with Gasteiger partial charge in [0.15, 0.2) is 44.0 Å². The number of hydrogen-bond donors (Lipinski definition) is 30. The molecule has 4 amide bonds. The molecular formula is C72H116N4O53. The Hall–Kier alpha value is -5.88. The monoisotopic (exact) mass is 1880 g/mol. The lowest BCUT2D eigenvalue weighted by Gasteiger charge is -2.52. The van der Waals surface area contributed by atoms with Crippen molar-refractivity contribution in [2.24, 2.45) is 0 Å². The number of rotatable bonds is 36. The van der Waals surface area contributed by atoms with Gasteiger partial charge in [-0.3, -0.25) is 28.8 Å². The number of hydrogen-bond acceptors (Lipinski definition) is 51. The van der Waals surface area contributed by atoms with Gasteiger partial charge in [0.2, 0.25) is 23.6 Å². The summed E-state index contributed by atoms with van der Waals surface area (Å²) in [5.41, 5.74) is 0. The van der Waals surface area contributed by atoms with Crippen LogP contribution in [0.1, 0.15) is 61.3 Å². The van der Waals surface area contributed by atoms with E-state index in [1.165, 1.54) is 6.92 Å². The van der Waals surface area contributed by atoms with Crippen LogP contribution in [0.25, 0.3) is 0 Å². The molecule has 0 aliphatic carbocycles. The van der Waals surface area contributed by atoms with Gasteiger partial charge in [0.25, 0.3) is 11.6 Å². The van der Waals surface area contributed by atoms with Gasteiger partial charge in [-0.15, -0.1) is 0 Å². The number of carboxylic acids is 2. The van der Waals surface area contributed by atoms with E-state index in [1.54, 1.807) is 0 Å². The fourth-order valence-electron chi connectivity index (χ4n) is 16.4. The minimum atomic E-state index is -3.40. The molecule has 47 atom stereocenters. The number of aliphatic hydroxyl groups is 24. The normalized spacial score (nSPS) is 44.9. The zero-order valence-electron chi connectivity index (χ0n) is 69.7. The Morgan fingerprint density at radius 1 is 0.349 bits per heavy atom. The summed E-state index contributed by atoms with van der Waals surface area (Å²) in [5, 5.41) is 301. The number of amides is 4. The number of carbonyl (C=O) groups is 8. The van der Waals surface area contributed by atoms with E-state index in [0.717, 1.165) is 41.5 Å². The van der Waals surface area contributed by atoms with Crippen molar-refractivity contribution < 1.29 is 261 Å². The zero-order chi connectivity index (χ0) is 95.9. The first-order valence-electron chi connectivity index (χ1n) is 40.5. The molecule has 0 aromatic heterocycles. The lowest BCUT2D eigenvalue weighted by atomic mass is 9.87. The lowest BCUT2D eigenvalue weighted by molar-refractivity contribution is -0.396. The molecule has 0 bridgehead atoms. The molecule has 742 valence electrons. The summed E-state index contributed by atoms with van der Waals surface area (Å²) < 4.78 is 112. The Bertz CT molecular complexity index is 3690. The molecule has 129 heavy (non-hydrogen) atoms. The summed E-state index contributed by atoms with van der Waals surface area (Å²) in [6.07, 6.45) is -94.7. The predicted octanol–water partition coefficient (Wildman–Crippen LogP) is -19.5. The van der Waals surface area contributed by atoms with Crippen molar-refractivity contribution in [1.29, 1.82) is 0 Å². The van der Waals surface area contributed by atoms with E-state index in [1.807, 2.05) is 0 Å². The van der Waals surface area contributed by atoms with Gasteiger partial charge in [0.1, 0.15) is 214 Å². The second-order valence-electron chi connectivity index (χ2n) is 32.2. The smallest absolute Gasteiger partial charge is 0.364 e. The Balaban J connectivity index is 1.05. The van der Waals surface area contributed by atoms with E-state index in [0.29, 0.717) is 0 Å². The van der Waals surface area contributed by atoms with Crippen LogP contribution in [0.3, 0.4) is 0 Å². The van der Waals surface area contributed by atoms with Gasteiger partial charge in [0.05, 0.1) is 83.9 Å². The van der Waals surface area contributed by atoms with Crippen LogP contribution in [0.5, 0.6) is 0 Å². The second-order valence-corrected chi connectivity index (χ2v) is 32.2. The van der Waals surface area contributed by atoms with Crippen molar-refractivity contribution in [2.75, 3.05) is 52.9 Å². The number of aliphatic carboxylic acids is 2. The third kappa shape index (κ3) is 24.0. The van der Waals surface area contributed by atoms with E-state index < -0.39 is 401 Å². The SMILES string of the molecule is CC(=O)N[C@H]1[C@H](O[C@H]2[C@@H](O)[C@@H](CO[C@@H]3O[C@H](CO)[C@@H](O[C@H]4O[C@H](CO)[C@H](O)[C@H](O[C@]5(C(=O)O)C[C@H](OC(C)=O)[C@@H](NC(C)=O)[C@H]([C@H](O)[C@H](O)CO)O5)[C@H]4O)[C@H](O[C@@H]4O[C@@H](C)[C@@H](O)[C@@H](O)[C@@H]4O)[C@H]3NC(C)=O)O[C@@H](O[C@H]3[C@H](O)[C@@H](O)C(O)O[C@@H]3CO)[C@@H]2O)O[C@H](CO)[C@@H](O[C@@H]2O[C@H](CO)[C@H](O)[C@@H](O[C@]3(C(=O)O)C[C@H](OC(C)=O)[C@@H](NC(C)=O)[C@H]([C@H](O)[C@H](O)CO)O3)[C@H]2O)[C@@H]1O. The quantitative estimate of drug-likeness (QED) is 0.0259. The molecule has 30 N–H and O–H groups in total. The number of nitrogens with one attached hydrogen (secondary N) is 4. The molecule has 9 aliphatic rings. The van der Waals surface area contributed by atoms with Crippen molar-refractivity contribution in [3.8, 4) is 0 Å². The highest BCUT2D eigenvalue weighted by molar-refractivity contribution is 5.78. The van der Waals surface area contributed by atoms with Crippen molar-refractivity contribution >= 4 is 47.5 Å². The topological polar surface area (TPSA) is 886 Å². The number of ether oxygens (including phenoxy) is 19. The summed E-state index contributed by atoms with van der Waals surface area (Å²) >= 11 is 0. The molecule has 9 heterocycles. The van der Waals surface area contributed by atoms with Crippen LogP contribution < -0.4 is 21.3 Å². The van der Waals surface area contributed by atoms with Gasteiger partial charge in [-0.05, 0) is 6.92 Å². The average molecular weight is 1890 g/mol.